The molecule has 1 aromatic heterocycles. The number of aromatic nitrogens is 1. The molecule has 2 heterocycles. The molecule has 1 aliphatic rings. The van der Waals surface area contributed by atoms with E-state index in [9.17, 15) is 14.7 Å². The predicted octanol–water partition coefficient (Wildman–Crippen LogP) is 5.87. The Labute approximate surface area is 198 Å². The monoisotopic (exact) mass is 488 g/mol. The van der Waals surface area contributed by atoms with Crippen LogP contribution in [0.2, 0.25) is 10.0 Å². The van der Waals surface area contributed by atoms with E-state index in [-0.39, 0.29) is 16.4 Å². The van der Waals surface area contributed by atoms with Gasteiger partial charge in [0.2, 0.25) is 0 Å². The molecule has 1 N–H and O–H groups in total. The third-order valence-electron chi connectivity index (χ3n) is 4.91. The maximum Gasteiger partial charge on any atom is 0.301 e. The molecule has 0 aliphatic carbocycles. The Kier molecular flexibility index (Phi) is 6.50. The smallest absolute Gasteiger partial charge is 0.301 e. The van der Waals surface area contributed by atoms with Crippen LogP contribution in [0.25, 0.3) is 5.76 Å². The van der Waals surface area contributed by atoms with Crippen molar-refractivity contribution < 1.29 is 19.4 Å². The standard InChI is InChI=1S/C23H18Cl2N2O4S/c1-2-9-31-15-5-3-4-14(11-15)20(28)18-19(13-6-7-16(24)17(25)12-13)27(22(30)21(18)29)23-26-8-10-32-23/h3-8,10-12,19,28H,2,9H2,1H3/b20-18+. The summed E-state index contributed by atoms with van der Waals surface area (Å²) < 4.78 is 5.64. The highest BCUT2D eigenvalue weighted by Gasteiger charge is 2.48. The molecule has 0 radical (unpaired) electrons. The van der Waals surface area contributed by atoms with Crippen LogP contribution in [0, 0.1) is 0 Å². The van der Waals surface area contributed by atoms with Crippen molar-refractivity contribution in [3.8, 4) is 5.75 Å². The van der Waals surface area contributed by atoms with Crippen LogP contribution in [0.5, 0.6) is 5.75 Å². The second-order valence-corrected chi connectivity index (χ2v) is 8.72. The Morgan fingerprint density at radius 3 is 2.69 bits per heavy atom. The summed E-state index contributed by atoms with van der Waals surface area (Å²) in [6.45, 7) is 2.50. The lowest BCUT2D eigenvalue weighted by Gasteiger charge is -2.23. The Bertz CT molecular complexity index is 1210. The van der Waals surface area contributed by atoms with Gasteiger partial charge in [0.15, 0.2) is 5.13 Å². The van der Waals surface area contributed by atoms with Crippen LogP contribution in [-0.2, 0) is 9.59 Å². The van der Waals surface area contributed by atoms with Gasteiger partial charge in [-0.25, -0.2) is 4.98 Å². The molecule has 1 fully saturated rings. The molecule has 2 aromatic carbocycles. The fourth-order valence-electron chi connectivity index (χ4n) is 3.47. The number of halogens is 2. The predicted molar refractivity (Wildman–Crippen MR) is 126 cm³/mol. The normalized spacial score (nSPS) is 17.7. The number of nitrogens with zero attached hydrogens (tertiary/aromatic N) is 2. The minimum absolute atomic E-state index is 0.0590. The van der Waals surface area contributed by atoms with E-state index in [0.29, 0.717) is 33.6 Å². The first-order valence-electron chi connectivity index (χ1n) is 9.81. The highest BCUT2D eigenvalue weighted by Crippen LogP contribution is 2.44. The zero-order chi connectivity index (χ0) is 22.8. The highest BCUT2D eigenvalue weighted by atomic mass is 35.5. The summed E-state index contributed by atoms with van der Waals surface area (Å²) in [5.41, 5.74) is 0.825. The molecule has 1 aliphatic heterocycles. The fraction of sp³-hybridized carbons (Fsp3) is 0.174. The SMILES string of the molecule is CCCOc1cccc(/C(O)=C2\C(=O)C(=O)N(c3nccs3)C2c2ccc(Cl)c(Cl)c2)c1. The lowest BCUT2D eigenvalue weighted by atomic mass is 9.95. The van der Waals surface area contributed by atoms with Gasteiger partial charge in [-0.1, -0.05) is 48.3 Å². The number of aliphatic hydroxyl groups is 1. The summed E-state index contributed by atoms with van der Waals surface area (Å²) >= 11 is 13.5. The van der Waals surface area contributed by atoms with Crippen molar-refractivity contribution in [3.05, 3.63) is 80.8 Å². The summed E-state index contributed by atoms with van der Waals surface area (Å²) in [6, 6.07) is 10.7. The average Bonchev–Trinajstić information content (AvgIpc) is 3.41. The van der Waals surface area contributed by atoms with E-state index >= 15 is 0 Å². The lowest BCUT2D eigenvalue weighted by molar-refractivity contribution is -0.132. The number of carbonyl (C=O) groups is 2. The zero-order valence-electron chi connectivity index (χ0n) is 16.9. The number of benzene rings is 2. The van der Waals surface area contributed by atoms with E-state index in [2.05, 4.69) is 4.98 Å². The van der Waals surface area contributed by atoms with Crippen molar-refractivity contribution in [1.29, 1.82) is 0 Å². The van der Waals surface area contributed by atoms with Crippen molar-refractivity contribution in [2.75, 3.05) is 11.5 Å². The molecule has 9 heteroatoms. The van der Waals surface area contributed by atoms with Gasteiger partial charge < -0.3 is 9.84 Å². The molecular weight excluding hydrogens is 471 g/mol. The van der Waals surface area contributed by atoms with Crippen molar-refractivity contribution in [2.24, 2.45) is 0 Å². The number of thiazole rings is 1. The number of ketones is 1. The van der Waals surface area contributed by atoms with Crippen LogP contribution < -0.4 is 9.64 Å². The molecule has 0 saturated carbocycles. The molecular formula is C23H18Cl2N2O4S. The van der Waals surface area contributed by atoms with Gasteiger partial charge in [0.1, 0.15) is 11.5 Å². The third-order valence-corrected chi connectivity index (χ3v) is 6.42. The Hall–Kier alpha value is -2.87. The maximum atomic E-state index is 13.1. The van der Waals surface area contributed by atoms with Crippen LogP contribution >= 0.6 is 34.5 Å². The quantitative estimate of drug-likeness (QED) is 0.266. The Morgan fingerprint density at radius 1 is 1.19 bits per heavy atom. The first-order chi connectivity index (χ1) is 15.4. The molecule has 1 unspecified atom stereocenters. The van der Waals surface area contributed by atoms with Crippen molar-refractivity contribution >= 4 is 57.1 Å². The van der Waals surface area contributed by atoms with Gasteiger partial charge in [-0.05, 0) is 36.2 Å². The summed E-state index contributed by atoms with van der Waals surface area (Å²) in [5, 5.41) is 13.8. The molecule has 4 rings (SSSR count). The van der Waals surface area contributed by atoms with Crippen molar-refractivity contribution in [1.82, 2.24) is 4.98 Å². The lowest BCUT2D eigenvalue weighted by Crippen LogP contribution is -2.29. The number of hydrogen-bond donors (Lipinski definition) is 1. The van der Waals surface area contributed by atoms with Crippen LogP contribution in [0.4, 0.5) is 5.13 Å². The van der Waals surface area contributed by atoms with Crippen molar-refractivity contribution in [2.45, 2.75) is 19.4 Å². The molecule has 164 valence electrons. The molecule has 0 bridgehead atoms. The zero-order valence-corrected chi connectivity index (χ0v) is 19.2. The van der Waals surface area contributed by atoms with Gasteiger partial charge in [0.25, 0.3) is 5.78 Å². The number of amides is 1. The van der Waals surface area contributed by atoms with Crippen LogP contribution in [0.3, 0.4) is 0 Å². The van der Waals surface area contributed by atoms with E-state index in [1.807, 2.05) is 6.92 Å². The Balaban J connectivity index is 1.89. The van der Waals surface area contributed by atoms with E-state index in [1.165, 1.54) is 16.2 Å². The van der Waals surface area contributed by atoms with E-state index in [0.717, 1.165) is 6.42 Å². The van der Waals surface area contributed by atoms with E-state index in [4.69, 9.17) is 27.9 Å². The summed E-state index contributed by atoms with van der Waals surface area (Å²) in [6.07, 6.45) is 2.37. The number of carbonyl (C=O) groups excluding carboxylic acids is 2. The molecule has 1 atom stereocenters. The van der Waals surface area contributed by atoms with E-state index < -0.39 is 17.7 Å². The second-order valence-electron chi connectivity index (χ2n) is 7.03. The second kappa shape index (κ2) is 9.32. The topological polar surface area (TPSA) is 79.7 Å². The fourth-order valence-corrected chi connectivity index (χ4v) is 4.44. The molecule has 3 aromatic rings. The van der Waals surface area contributed by atoms with Gasteiger partial charge >= 0.3 is 5.91 Å². The van der Waals surface area contributed by atoms with Crippen LogP contribution in [0.1, 0.15) is 30.5 Å². The average molecular weight is 489 g/mol. The van der Waals surface area contributed by atoms with E-state index in [1.54, 1.807) is 54.0 Å². The summed E-state index contributed by atoms with van der Waals surface area (Å²) in [5.74, 6) is -1.35. The van der Waals surface area contributed by atoms with Gasteiger partial charge in [-0.2, -0.15) is 0 Å². The molecule has 1 amide bonds. The molecule has 1 saturated heterocycles. The van der Waals surface area contributed by atoms with Crippen LogP contribution in [0.15, 0.2) is 59.6 Å². The summed E-state index contributed by atoms with van der Waals surface area (Å²) in [4.78, 5) is 31.6. The molecule has 6 nitrogen and oxygen atoms in total. The highest BCUT2D eigenvalue weighted by molar-refractivity contribution is 7.14. The molecule has 0 spiro atoms. The first-order valence-corrected chi connectivity index (χ1v) is 11.4. The number of Topliss-reactive ketones (excluding diaryl/α,β-unsaturated/α-hetero) is 1. The number of hydrogen-bond acceptors (Lipinski definition) is 6. The largest absolute Gasteiger partial charge is 0.507 e. The number of ether oxygens (including phenoxy) is 1. The van der Waals surface area contributed by atoms with Gasteiger partial charge in [0.05, 0.1) is 28.3 Å². The van der Waals surface area contributed by atoms with Gasteiger partial charge in [-0.15, -0.1) is 11.3 Å². The number of aliphatic hydroxyl groups excluding tert-OH is 1. The number of rotatable bonds is 6. The maximum absolute atomic E-state index is 13.1. The summed E-state index contributed by atoms with van der Waals surface area (Å²) in [7, 11) is 0. The van der Waals surface area contributed by atoms with Gasteiger partial charge in [0, 0.05) is 17.1 Å². The first kappa shape index (κ1) is 22.3. The van der Waals surface area contributed by atoms with Gasteiger partial charge in [-0.3, -0.25) is 14.5 Å². The molecule has 32 heavy (non-hydrogen) atoms. The van der Waals surface area contributed by atoms with Crippen LogP contribution in [-0.4, -0.2) is 28.4 Å². The third kappa shape index (κ3) is 4.11. The Morgan fingerprint density at radius 2 is 2.00 bits per heavy atom. The minimum atomic E-state index is -0.920. The number of anilines is 1. The minimum Gasteiger partial charge on any atom is -0.507 e. The van der Waals surface area contributed by atoms with Crippen molar-refractivity contribution in [3.63, 3.8) is 0 Å².